The summed E-state index contributed by atoms with van der Waals surface area (Å²) in [6.07, 6.45) is 24.4. The number of hydrogen-bond acceptors (Lipinski definition) is 25. The second kappa shape index (κ2) is 40.4. The van der Waals surface area contributed by atoms with Gasteiger partial charge in [0, 0.05) is 167 Å². The summed E-state index contributed by atoms with van der Waals surface area (Å²) in [6.45, 7) is 13.0. The van der Waals surface area contributed by atoms with E-state index in [0.29, 0.717) is 157 Å². The van der Waals surface area contributed by atoms with Crippen LogP contribution in [-0.4, -0.2) is 183 Å². The van der Waals surface area contributed by atoms with Gasteiger partial charge in [0.15, 0.2) is 75.6 Å². The summed E-state index contributed by atoms with van der Waals surface area (Å²) in [5.41, 5.74) is 2.44. The van der Waals surface area contributed by atoms with Gasteiger partial charge in [-0.3, -0.25) is 0 Å². The summed E-state index contributed by atoms with van der Waals surface area (Å²) in [4.78, 5) is 61.8. The van der Waals surface area contributed by atoms with E-state index in [0.717, 1.165) is 195 Å². The average Bonchev–Trinajstić information content (AvgIpc) is 1.63. The third-order valence-electron chi connectivity index (χ3n) is 31.1. The number of rotatable bonds is 17. The van der Waals surface area contributed by atoms with Crippen molar-refractivity contribution in [3.05, 3.63) is 230 Å². The van der Waals surface area contributed by atoms with Crippen LogP contribution in [0.1, 0.15) is 209 Å². The summed E-state index contributed by atoms with van der Waals surface area (Å²) in [5, 5.41) is 33.6. The fourth-order valence-electron chi connectivity index (χ4n) is 24.2. The summed E-state index contributed by atoms with van der Waals surface area (Å²) >= 11 is 6.06. The molecule has 8 fully saturated rings. The smallest absolute Gasteiger partial charge is 0.242 e. The molecule has 141 heavy (non-hydrogen) atoms. The van der Waals surface area contributed by atoms with Crippen molar-refractivity contribution in [2.45, 2.75) is 216 Å². The number of anilines is 8. The minimum atomic E-state index is -1.46. The first kappa shape index (κ1) is 94.6. The Balaban J connectivity index is 0.000000111. The highest BCUT2D eigenvalue weighted by Crippen LogP contribution is 2.48. The maximum absolute atomic E-state index is 14.7. The molecule has 16 heterocycles. The Labute approximate surface area is 810 Å². The minimum absolute atomic E-state index is 0.0831. The van der Waals surface area contributed by atoms with Crippen molar-refractivity contribution in [2.75, 3.05) is 100 Å². The molecule has 42 heteroatoms. The molecule has 16 atom stereocenters. The van der Waals surface area contributed by atoms with Gasteiger partial charge in [-0.25, -0.2) is 111 Å². The van der Waals surface area contributed by atoms with Gasteiger partial charge in [-0.05, 0) is 200 Å². The van der Waals surface area contributed by atoms with Crippen LogP contribution in [0.15, 0.2) is 98.1 Å². The fraction of sp³-hybridized carbons (Fsp3) is 0.515. The Morgan fingerprint density at radius 2 is 0.645 bits per heavy atom. The number of piperidine rings is 4. The Bertz CT molecular complexity index is 6490. The highest BCUT2D eigenvalue weighted by Gasteiger charge is 2.49. The maximum atomic E-state index is 14.7. The van der Waals surface area contributed by atoms with Crippen molar-refractivity contribution in [3.8, 4) is 5.88 Å². The van der Waals surface area contributed by atoms with Gasteiger partial charge in [0.1, 0.15) is 71.2 Å². The number of aromatic nitrogens is 20. The van der Waals surface area contributed by atoms with Crippen LogP contribution in [0.25, 0.3) is 0 Å². The number of methoxy groups -OCH3 is 1. The van der Waals surface area contributed by atoms with Crippen LogP contribution in [0.4, 0.5) is 99.7 Å². The zero-order valence-corrected chi connectivity index (χ0v) is 78.9. The average molecular weight is 1970 g/mol. The lowest BCUT2D eigenvalue weighted by atomic mass is 9.92. The number of hydrogen-bond donors (Lipinski definition) is 4. The quantitative estimate of drug-likeness (QED) is 0.0374. The van der Waals surface area contributed by atoms with Gasteiger partial charge >= 0.3 is 0 Å². The van der Waals surface area contributed by atoms with E-state index in [1.807, 2.05) is 22.6 Å². The molecule has 4 saturated heterocycles. The van der Waals surface area contributed by atoms with Crippen molar-refractivity contribution >= 4 is 58.7 Å². The molecule has 4 aromatic carbocycles. The number of benzene rings is 4. The molecule has 4 unspecified atom stereocenters. The van der Waals surface area contributed by atoms with Crippen LogP contribution < -0.4 is 45.6 Å². The molecule has 4 N–H and O–H groups in total. The number of aryl methyl sites for hydroxylation is 6. The molecular weight excluding hydrogens is 1860 g/mol. The van der Waals surface area contributed by atoms with E-state index in [2.05, 4.69) is 92.1 Å². The zero-order chi connectivity index (χ0) is 97.1. The lowest BCUT2D eigenvalue weighted by Gasteiger charge is -2.38. The Morgan fingerprint density at radius 3 is 1.01 bits per heavy atom. The van der Waals surface area contributed by atoms with Gasteiger partial charge in [0.2, 0.25) is 29.7 Å². The molecule has 12 aliphatic rings. The molecule has 0 radical (unpaired) electrons. The van der Waals surface area contributed by atoms with Gasteiger partial charge in [-0.1, -0.05) is 61.5 Å². The number of nitrogens with zero attached hydrogens (tertiary/aromatic N) is 24. The van der Waals surface area contributed by atoms with Crippen LogP contribution in [-0.2, 0) is 26.2 Å². The summed E-state index contributed by atoms with van der Waals surface area (Å²) in [7, 11) is 1.59. The molecule has 0 spiro atoms. The lowest BCUT2D eigenvalue weighted by molar-refractivity contribution is 0.371. The summed E-state index contributed by atoms with van der Waals surface area (Å²) < 4.78 is 181. The molecular formula is C99H109ClF12N28O. The van der Waals surface area contributed by atoms with Crippen LogP contribution in [0, 0.1) is 131 Å². The van der Waals surface area contributed by atoms with Gasteiger partial charge in [-0.15, -0.1) is 20.4 Å². The highest BCUT2D eigenvalue weighted by molar-refractivity contribution is 6.29. The molecule has 742 valence electrons. The van der Waals surface area contributed by atoms with Crippen molar-refractivity contribution in [3.63, 3.8) is 0 Å². The Hall–Kier alpha value is -12.6. The normalized spacial score (nSPS) is 25.8. The number of halogens is 13. The van der Waals surface area contributed by atoms with Gasteiger partial charge in [0.05, 0.1) is 12.8 Å². The largest absolute Gasteiger partial charge is 0.481 e. The third kappa shape index (κ3) is 19.4. The molecule has 24 rings (SSSR count). The summed E-state index contributed by atoms with van der Waals surface area (Å²) in [6, 6.07) is 17.7. The first-order valence-electron chi connectivity index (χ1n) is 49.2. The predicted octanol–water partition coefficient (Wildman–Crippen LogP) is 17.8. The zero-order valence-electron chi connectivity index (χ0n) is 78.2. The van der Waals surface area contributed by atoms with Crippen LogP contribution in [0.2, 0.25) is 5.15 Å². The number of nitrogens with one attached hydrogen (secondary N) is 4. The van der Waals surface area contributed by atoms with Gasteiger partial charge in [-0.2, -0.15) is 19.9 Å². The van der Waals surface area contributed by atoms with Crippen LogP contribution >= 0.6 is 11.6 Å². The second-order valence-electron chi connectivity index (χ2n) is 39.6. The number of fused-ring (bicyclic) bond motifs is 12. The first-order valence-corrected chi connectivity index (χ1v) is 49.6. The van der Waals surface area contributed by atoms with Crippen LogP contribution in [0.5, 0.6) is 5.88 Å². The molecule has 12 aromatic rings. The molecule has 0 amide bonds. The summed E-state index contributed by atoms with van der Waals surface area (Å²) in [5.74, 6) is -3.48. The monoisotopic (exact) mass is 1970 g/mol. The highest BCUT2D eigenvalue weighted by atomic mass is 35.5. The Kier molecular flexibility index (Phi) is 27.1. The molecule has 29 nitrogen and oxygen atoms in total. The van der Waals surface area contributed by atoms with Crippen molar-refractivity contribution in [1.82, 2.24) is 98.9 Å². The molecule has 8 aliphatic heterocycles. The van der Waals surface area contributed by atoms with E-state index in [9.17, 15) is 52.7 Å². The predicted molar refractivity (Wildman–Crippen MR) is 501 cm³/mol. The van der Waals surface area contributed by atoms with E-state index >= 15 is 0 Å². The minimum Gasteiger partial charge on any atom is -0.481 e. The van der Waals surface area contributed by atoms with E-state index < -0.39 is 81.7 Å². The van der Waals surface area contributed by atoms with Gasteiger partial charge in [0.25, 0.3) is 0 Å². The van der Waals surface area contributed by atoms with E-state index in [-0.39, 0.29) is 58.4 Å². The third-order valence-corrected chi connectivity index (χ3v) is 31.4. The molecule has 8 aromatic heterocycles. The number of ether oxygens (including phenoxy) is 1. The standard InChI is InChI=1S/C25H27F4N7.C25H28F3N7O.C25H29F2N7.C24H25ClF3N7/c1-13-19(27)24(31-12-30-13)35-10-14-5-6-15(11-35)22(14)32-25-33-23-17(4-2-3-9-36(23)34-25)16-7-8-18(26)21(29)20(16)28;1-36-20-10-19(29-13-30-20)34-11-14-5-6-15(12-34)23(14)31-25-32-24-17(4-2-3-9-35(24)33-25)16-7-8-18(26)22(28)21(16)27;1-15-10-22(29-14-28-15)33-12-17-5-6-18(13-33)23(17)30-25-31-24-19(4-2-3-9-34(24)32-25)16-7-8-20(26)21(27)11-16;25-18-9-19(30-12-29-18)34-10-13-4-5-14(11-34)22(13)31-24-32-23-16(3-1-2-8-35(23)33-24)15-6-7-17(26)21(28)20(15)27/h7-8,12,14-15,17,22H,2-6,9-11H2,1H3,(H,32,34);7-8,10,13-15,17,23H,2-6,9,11-12H2,1H3,(H,31,33);7-8,10-11,14,17-19,23H,2-6,9,12-13H2,1H3,(H,30,32);6-7,9,12-14,16,22H,1-5,8,10-11H2,(H,31,33)/t14-,15+,17-,22?;14-,15+,17-,23?;17-,18+,19-,23?;13-,14+,16-,22?/m1111/s1. The second-order valence-corrected chi connectivity index (χ2v) is 40.0. The van der Waals surface area contributed by atoms with Crippen molar-refractivity contribution in [2.24, 2.45) is 47.3 Å². The van der Waals surface area contributed by atoms with E-state index in [1.54, 1.807) is 46.5 Å². The SMILES string of the molecule is COc1cc(N2C[C@H]3CC[C@@H](C2)C3Nc2nc3n(n2)CCCC[C@@H]3c2ccc(F)c(F)c2F)ncn1.Cc1cc(N2C[C@H]3CC[C@@H](C2)C3Nc2nc3n(n2)CCCC[C@@H]3c2ccc(F)c(F)c2)ncn1.Cc1ncnc(N2C[C@H]3CC[C@@H](C2)C3Nc2nc3n(n2)CCCC[C@@H]3c2ccc(F)c(F)c2F)c1F.Fc1ccc([C@H]2CCCCn3nc(NC4[C@@H]5CC[C@H]4CN(c4cc(Cl)ncn4)C5)nc32)c(F)c1F. The molecule has 4 saturated carbocycles. The van der Waals surface area contributed by atoms with Crippen LogP contribution in [0.3, 0.4) is 0 Å². The fourth-order valence-corrected chi connectivity index (χ4v) is 24.4. The molecule has 4 aliphatic carbocycles. The first-order chi connectivity index (χ1) is 68.4. The maximum Gasteiger partial charge on any atom is 0.242 e. The van der Waals surface area contributed by atoms with E-state index in [1.165, 1.54) is 62.2 Å². The molecule has 8 bridgehead atoms. The lowest BCUT2D eigenvalue weighted by Crippen LogP contribution is -2.48. The van der Waals surface area contributed by atoms with E-state index in [4.69, 9.17) is 46.5 Å². The van der Waals surface area contributed by atoms with Gasteiger partial charge < -0.3 is 45.6 Å². The van der Waals surface area contributed by atoms with Crippen molar-refractivity contribution < 1.29 is 57.4 Å². The van der Waals surface area contributed by atoms with Crippen molar-refractivity contribution in [1.29, 1.82) is 0 Å². The topological polar surface area (TPSA) is 296 Å². The Morgan fingerprint density at radius 1 is 0.312 bits per heavy atom.